The first-order valence-electron chi connectivity index (χ1n) is 6.08. The van der Waals surface area contributed by atoms with Crippen LogP contribution in [0, 0.1) is 0 Å². The van der Waals surface area contributed by atoms with Crippen molar-refractivity contribution >= 4 is 22.9 Å². The van der Waals surface area contributed by atoms with E-state index in [2.05, 4.69) is 10.2 Å². The molecule has 3 aromatic rings. The van der Waals surface area contributed by atoms with Gasteiger partial charge in [0.05, 0.1) is 5.02 Å². The molecule has 0 saturated carbocycles. The Labute approximate surface area is 125 Å². The van der Waals surface area contributed by atoms with E-state index >= 15 is 0 Å². The summed E-state index contributed by atoms with van der Waals surface area (Å²) < 4.78 is 5.65. The summed E-state index contributed by atoms with van der Waals surface area (Å²) in [6.45, 7) is 0.369. The van der Waals surface area contributed by atoms with E-state index in [-0.39, 0.29) is 0 Å². The average molecular weight is 303 g/mol. The number of aromatic nitrogens is 2. The first-order valence-corrected chi connectivity index (χ1v) is 7.27. The molecule has 0 amide bonds. The van der Waals surface area contributed by atoms with Gasteiger partial charge in [-0.1, -0.05) is 65.4 Å². The van der Waals surface area contributed by atoms with E-state index < -0.39 is 0 Å². The molecule has 0 radical (unpaired) electrons. The quantitative estimate of drug-likeness (QED) is 0.715. The molecule has 3 nitrogen and oxygen atoms in total. The van der Waals surface area contributed by atoms with E-state index in [4.69, 9.17) is 16.3 Å². The van der Waals surface area contributed by atoms with Gasteiger partial charge in [-0.05, 0) is 12.1 Å². The highest BCUT2D eigenvalue weighted by molar-refractivity contribution is 7.14. The van der Waals surface area contributed by atoms with Gasteiger partial charge in [0.1, 0.15) is 17.4 Å². The third-order valence-electron chi connectivity index (χ3n) is 2.68. The first kappa shape index (κ1) is 13.1. The summed E-state index contributed by atoms with van der Waals surface area (Å²) in [4.78, 5) is 0. The number of nitrogens with zero attached hydrogens (tertiary/aromatic N) is 2. The molecule has 3 rings (SSSR count). The third-order valence-corrected chi connectivity index (χ3v) is 3.93. The van der Waals surface area contributed by atoms with Gasteiger partial charge in [0, 0.05) is 5.56 Å². The van der Waals surface area contributed by atoms with Gasteiger partial charge >= 0.3 is 0 Å². The number of para-hydroxylation sites is 1. The second-order valence-electron chi connectivity index (χ2n) is 4.09. The summed E-state index contributed by atoms with van der Waals surface area (Å²) in [6.07, 6.45) is 0. The van der Waals surface area contributed by atoms with Crippen LogP contribution >= 0.6 is 22.9 Å². The molecule has 0 spiro atoms. The van der Waals surface area contributed by atoms with Gasteiger partial charge in [0.2, 0.25) is 0 Å². The van der Waals surface area contributed by atoms with E-state index in [1.54, 1.807) is 6.07 Å². The molecule has 0 unspecified atom stereocenters. The lowest BCUT2D eigenvalue weighted by Gasteiger charge is -2.04. The predicted octanol–water partition coefficient (Wildman–Crippen LogP) is 4.44. The second kappa shape index (κ2) is 6.03. The number of ether oxygens (including phenoxy) is 1. The molecule has 0 aliphatic heterocycles. The Morgan fingerprint density at radius 3 is 2.50 bits per heavy atom. The average Bonchev–Trinajstić information content (AvgIpc) is 2.96. The third kappa shape index (κ3) is 2.98. The maximum atomic E-state index is 6.03. The molecule has 0 N–H and O–H groups in total. The maximum absolute atomic E-state index is 6.03. The van der Waals surface area contributed by atoms with E-state index in [1.807, 2.05) is 48.5 Å². The molecule has 0 bridgehead atoms. The number of rotatable bonds is 4. The van der Waals surface area contributed by atoms with Crippen LogP contribution < -0.4 is 4.74 Å². The Balaban J connectivity index is 1.71. The van der Waals surface area contributed by atoms with Crippen molar-refractivity contribution in [1.82, 2.24) is 10.2 Å². The number of hydrogen-bond donors (Lipinski definition) is 0. The van der Waals surface area contributed by atoms with Crippen molar-refractivity contribution < 1.29 is 4.74 Å². The fourth-order valence-electron chi connectivity index (χ4n) is 1.71. The molecule has 1 aromatic heterocycles. The molecule has 5 heteroatoms. The van der Waals surface area contributed by atoms with Gasteiger partial charge in [-0.3, -0.25) is 0 Å². The summed E-state index contributed by atoms with van der Waals surface area (Å²) in [5.74, 6) is 0.658. The van der Waals surface area contributed by atoms with Crippen molar-refractivity contribution in [3.05, 3.63) is 64.6 Å². The van der Waals surface area contributed by atoms with Gasteiger partial charge in [-0.15, -0.1) is 10.2 Å². The Kier molecular flexibility index (Phi) is 3.95. The SMILES string of the molecule is Clc1ccccc1OCc1nnc(-c2ccccc2)s1. The first-order chi connectivity index (χ1) is 9.83. The molecule has 20 heavy (non-hydrogen) atoms. The highest BCUT2D eigenvalue weighted by Gasteiger charge is 2.07. The van der Waals surface area contributed by atoms with Crippen molar-refractivity contribution in [3.8, 4) is 16.3 Å². The van der Waals surface area contributed by atoms with Crippen molar-refractivity contribution in [2.24, 2.45) is 0 Å². The predicted molar refractivity (Wildman–Crippen MR) is 81.1 cm³/mol. The summed E-state index contributed by atoms with van der Waals surface area (Å²) in [7, 11) is 0. The van der Waals surface area contributed by atoms with Crippen LogP contribution in [0.25, 0.3) is 10.6 Å². The minimum absolute atomic E-state index is 0.369. The van der Waals surface area contributed by atoms with Gasteiger partial charge in [0.25, 0.3) is 0 Å². The standard InChI is InChI=1S/C15H11ClN2OS/c16-12-8-4-5-9-13(12)19-10-14-17-18-15(20-14)11-6-2-1-3-7-11/h1-9H,10H2. The molecule has 0 atom stereocenters. The van der Waals surface area contributed by atoms with E-state index in [1.165, 1.54) is 11.3 Å². The largest absolute Gasteiger partial charge is 0.485 e. The molecule has 0 fully saturated rings. The molecular weight excluding hydrogens is 292 g/mol. The Morgan fingerprint density at radius 2 is 1.70 bits per heavy atom. The minimum atomic E-state index is 0.369. The molecule has 0 saturated heterocycles. The zero-order valence-corrected chi connectivity index (χ0v) is 12.1. The fourth-order valence-corrected chi connectivity index (χ4v) is 2.66. The molecule has 0 aliphatic rings. The zero-order valence-electron chi connectivity index (χ0n) is 10.5. The Morgan fingerprint density at radius 1 is 0.950 bits per heavy atom. The van der Waals surface area contributed by atoms with Crippen LogP contribution in [0.15, 0.2) is 54.6 Å². The lowest BCUT2D eigenvalue weighted by atomic mass is 10.2. The number of hydrogen-bond acceptors (Lipinski definition) is 4. The summed E-state index contributed by atoms with van der Waals surface area (Å²) in [5.41, 5.74) is 1.06. The van der Waals surface area contributed by atoms with E-state index in [0.29, 0.717) is 17.4 Å². The smallest absolute Gasteiger partial charge is 0.155 e. The number of benzene rings is 2. The van der Waals surface area contributed by atoms with Gasteiger partial charge in [-0.2, -0.15) is 0 Å². The van der Waals surface area contributed by atoms with Crippen molar-refractivity contribution in [2.75, 3.05) is 0 Å². The second-order valence-corrected chi connectivity index (χ2v) is 5.56. The summed E-state index contributed by atoms with van der Waals surface area (Å²) in [5, 5.41) is 10.6. The van der Waals surface area contributed by atoms with E-state index in [9.17, 15) is 0 Å². The summed E-state index contributed by atoms with van der Waals surface area (Å²) in [6, 6.07) is 17.4. The van der Waals surface area contributed by atoms with Crippen LogP contribution in [0.4, 0.5) is 0 Å². The molecule has 100 valence electrons. The van der Waals surface area contributed by atoms with Crippen LogP contribution in [-0.4, -0.2) is 10.2 Å². The topological polar surface area (TPSA) is 35.0 Å². The summed E-state index contributed by atoms with van der Waals surface area (Å²) >= 11 is 7.55. The molecule has 2 aromatic carbocycles. The number of halogens is 1. The highest BCUT2D eigenvalue weighted by Crippen LogP contribution is 2.26. The maximum Gasteiger partial charge on any atom is 0.155 e. The molecule has 0 aliphatic carbocycles. The zero-order chi connectivity index (χ0) is 13.8. The Bertz CT molecular complexity index is 700. The lowest BCUT2D eigenvalue weighted by molar-refractivity contribution is 0.305. The van der Waals surface area contributed by atoms with Gasteiger partial charge < -0.3 is 4.74 Å². The lowest BCUT2D eigenvalue weighted by Crippen LogP contribution is -1.95. The van der Waals surface area contributed by atoms with Crippen LogP contribution in [0.1, 0.15) is 5.01 Å². The normalized spacial score (nSPS) is 10.4. The fraction of sp³-hybridized carbons (Fsp3) is 0.0667. The van der Waals surface area contributed by atoms with Crippen LogP contribution in [0.3, 0.4) is 0 Å². The van der Waals surface area contributed by atoms with Crippen LogP contribution in [-0.2, 0) is 6.61 Å². The Hall–Kier alpha value is -1.91. The van der Waals surface area contributed by atoms with E-state index in [0.717, 1.165) is 15.6 Å². The molecule has 1 heterocycles. The van der Waals surface area contributed by atoms with Crippen LogP contribution in [0.5, 0.6) is 5.75 Å². The highest BCUT2D eigenvalue weighted by atomic mass is 35.5. The molecular formula is C15H11ClN2OS. The minimum Gasteiger partial charge on any atom is -0.485 e. The van der Waals surface area contributed by atoms with Crippen molar-refractivity contribution in [1.29, 1.82) is 0 Å². The van der Waals surface area contributed by atoms with Crippen molar-refractivity contribution in [2.45, 2.75) is 6.61 Å². The van der Waals surface area contributed by atoms with Crippen LogP contribution in [0.2, 0.25) is 5.02 Å². The van der Waals surface area contributed by atoms with Crippen molar-refractivity contribution in [3.63, 3.8) is 0 Å². The van der Waals surface area contributed by atoms with Gasteiger partial charge in [-0.25, -0.2) is 0 Å². The van der Waals surface area contributed by atoms with Gasteiger partial charge in [0.15, 0.2) is 5.01 Å². The monoisotopic (exact) mass is 302 g/mol.